The van der Waals surface area contributed by atoms with Crippen molar-refractivity contribution in [1.29, 1.82) is 0 Å². The summed E-state index contributed by atoms with van der Waals surface area (Å²) in [5.41, 5.74) is 6.77. The molecule has 0 saturated carbocycles. The molecule has 1 aromatic carbocycles. The second-order valence-electron chi connectivity index (χ2n) is 5.81. The van der Waals surface area contributed by atoms with E-state index in [0.29, 0.717) is 18.2 Å². The summed E-state index contributed by atoms with van der Waals surface area (Å²) < 4.78 is 13.7. The molecule has 0 aromatic heterocycles. The van der Waals surface area contributed by atoms with Gasteiger partial charge < -0.3 is 15.8 Å². The van der Waals surface area contributed by atoms with Crippen LogP contribution in [0, 0.1) is 5.82 Å². The first-order valence-electron chi connectivity index (χ1n) is 7.15. The van der Waals surface area contributed by atoms with Crippen LogP contribution in [0.2, 0.25) is 0 Å². The van der Waals surface area contributed by atoms with Crippen LogP contribution in [0.5, 0.6) is 0 Å². The summed E-state index contributed by atoms with van der Waals surface area (Å²) in [5.74, 6) is -0.445. The SMILES string of the molecule is CN1CCCC(N(C)Cc2cc(F)cc(/C(N)=N/O)c2)C1. The van der Waals surface area contributed by atoms with Gasteiger partial charge in [-0.2, -0.15) is 0 Å². The minimum atomic E-state index is -0.372. The first kappa shape index (κ1) is 15.7. The summed E-state index contributed by atoms with van der Waals surface area (Å²) in [6.07, 6.45) is 2.34. The van der Waals surface area contributed by atoms with Gasteiger partial charge in [-0.05, 0) is 57.2 Å². The molecular weight excluding hydrogens is 271 g/mol. The van der Waals surface area contributed by atoms with Crippen LogP contribution in [0.15, 0.2) is 23.4 Å². The van der Waals surface area contributed by atoms with Crippen molar-refractivity contribution in [3.8, 4) is 0 Å². The molecule has 3 N–H and O–H groups in total. The molecule has 1 fully saturated rings. The average molecular weight is 294 g/mol. The van der Waals surface area contributed by atoms with Gasteiger partial charge in [-0.15, -0.1) is 0 Å². The van der Waals surface area contributed by atoms with Crippen molar-refractivity contribution in [2.24, 2.45) is 10.9 Å². The molecule has 1 aliphatic rings. The van der Waals surface area contributed by atoms with Gasteiger partial charge in [0.15, 0.2) is 5.84 Å². The Hall–Kier alpha value is -1.66. The van der Waals surface area contributed by atoms with Crippen molar-refractivity contribution >= 4 is 5.84 Å². The quantitative estimate of drug-likeness (QED) is 0.382. The molecule has 0 aliphatic carbocycles. The molecule has 0 bridgehead atoms. The first-order chi connectivity index (χ1) is 9.99. The number of nitrogens with zero attached hydrogens (tertiary/aromatic N) is 3. The van der Waals surface area contributed by atoms with E-state index in [0.717, 1.165) is 25.1 Å². The van der Waals surface area contributed by atoms with E-state index in [4.69, 9.17) is 10.9 Å². The normalized spacial score (nSPS) is 21.0. The van der Waals surface area contributed by atoms with Crippen LogP contribution < -0.4 is 5.73 Å². The molecule has 1 atom stereocenters. The van der Waals surface area contributed by atoms with E-state index in [1.165, 1.54) is 18.6 Å². The lowest BCUT2D eigenvalue weighted by atomic mass is 10.0. The maximum absolute atomic E-state index is 13.7. The number of amidine groups is 1. The van der Waals surface area contributed by atoms with E-state index in [-0.39, 0.29) is 11.7 Å². The Kier molecular flexibility index (Phi) is 5.14. The third-order valence-electron chi connectivity index (χ3n) is 4.02. The maximum atomic E-state index is 13.7. The van der Waals surface area contributed by atoms with Gasteiger partial charge in [-0.3, -0.25) is 4.90 Å². The summed E-state index contributed by atoms with van der Waals surface area (Å²) in [4.78, 5) is 4.55. The number of benzene rings is 1. The topological polar surface area (TPSA) is 65.1 Å². The lowest BCUT2D eigenvalue weighted by Crippen LogP contribution is -2.44. The number of oxime groups is 1. The molecule has 116 valence electrons. The van der Waals surface area contributed by atoms with Crippen molar-refractivity contribution in [3.05, 3.63) is 35.1 Å². The van der Waals surface area contributed by atoms with Gasteiger partial charge in [0.1, 0.15) is 5.82 Å². The minimum absolute atomic E-state index is 0.0733. The molecule has 0 spiro atoms. The second-order valence-corrected chi connectivity index (χ2v) is 5.81. The van der Waals surface area contributed by atoms with Crippen molar-refractivity contribution in [2.75, 3.05) is 27.2 Å². The monoisotopic (exact) mass is 294 g/mol. The van der Waals surface area contributed by atoms with Gasteiger partial charge >= 0.3 is 0 Å². The molecule has 21 heavy (non-hydrogen) atoms. The van der Waals surface area contributed by atoms with Gasteiger partial charge in [0, 0.05) is 24.7 Å². The number of hydrogen-bond donors (Lipinski definition) is 2. The van der Waals surface area contributed by atoms with E-state index < -0.39 is 0 Å². The largest absolute Gasteiger partial charge is 0.409 e. The molecule has 1 saturated heterocycles. The van der Waals surface area contributed by atoms with Crippen LogP contribution in [0.4, 0.5) is 4.39 Å². The van der Waals surface area contributed by atoms with E-state index in [2.05, 4.69) is 29.1 Å². The highest BCUT2D eigenvalue weighted by Crippen LogP contribution is 2.17. The average Bonchev–Trinajstić information content (AvgIpc) is 2.45. The smallest absolute Gasteiger partial charge is 0.170 e. The van der Waals surface area contributed by atoms with Crippen LogP contribution >= 0.6 is 0 Å². The Morgan fingerprint density at radius 3 is 2.95 bits per heavy atom. The number of halogens is 1. The zero-order valence-electron chi connectivity index (χ0n) is 12.6. The van der Waals surface area contributed by atoms with Crippen molar-refractivity contribution in [1.82, 2.24) is 9.80 Å². The fourth-order valence-corrected chi connectivity index (χ4v) is 2.86. The van der Waals surface area contributed by atoms with Crippen molar-refractivity contribution < 1.29 is 9.60 Å². The highest BCUT2D eigenvalue weighted by Gasteiger charge is 2.21. The fraction of sp³-hybridized carbons (Fsp3) is 0.533. The van der Waals surface area contributed by atoms with E-state index >= 15 is 0 Å². The Bertz CT molecular complexity index is 520. The third-order valence-corrected chi connectivity index (χ3v) is 4.02. The Morgan fingerprint density at radius 2 is 2.29 bits per heavy atom. The van der Waals surface area contributed by atoms with E-state index in [1.807, 2.05) is 0 Å². The predicted molar refractivity (Wildman–Crippen MR) is 80.9 cm³/mol. The molecule has 1 aromatic rings. The zero-order valence-corrected chi connectivity index (χ0v) is 12.6. The van der Waals surface area contributed by atoms with Gasteiger partial charge in [0.25, 0.3) is 0 Å². The number of likely N-dealkylation sites (tertiary alicyclic amines) is 1. The van der Waals surface area contributed by atoms with Crippen LogP contribution in [0.3, 0.4) is 0 Å². The zero-order chi connectivity index (χ0) is 15.4. The molecule has 2 rings (SSSR count). The molecule has 0 amide bonds. The molecule has 1 aliphatic heterocycles. The Balaban J connectivity index is 2.09. The number of likely N-dealkylation sites (N-methyl/N-ethyl adjacent to an activating group) is 2. The summed E-state index contributed by atoms with van der Waals surface area (Å²) in [6.45, 7) is 2.80. The maximum Gasteiger partial charge on any atom is 0.170 e. The summed E-state index contributed by atoms with van der Waals surface area (Å²) in [6, 6.07) is 5.00. The summed E-state index contributed by atoms with van der Waals surface area (Å²) in [5, 5.41) is 11.6. The van der Waals surface area contributed by atoms with Gasteiger partial charge in [-0.25, -0.2) is 4.39 Å². The highest BCUT2D eigenvalue weighted by molar-refractivity contribution is 5.97. The van der Waals surface area contributed by atoms with Crippen LogP contribution in [0.25, 0.3) is 0 Å². The van der Waals surface area contributed by atoms with Gasteiger partial charge in [0.05, 0.1) is 0 Å². The Morgan fingerprint density at radius 1 is 1.52 bits per heavy atom. The van der Waals surface area contributed by atoms with Crippen molar-refractivity contribution in [3.63, 3.8) is 0 Å². The number of hydrogen-bond acceptors (Lipinski definition) is 4. The standard InChI is InChI=1S/C15H23FN4O/c1-19-5-3-4-14(10-19)20(2)9-11-6-12(15(17)18-21)8-13(16)7-11/h6-8,14,21H,3-5,9-10H2,1-2H3,(H2,17,18). The lowest BCUT2D eigenvalue weighted by Gasteiger charge is -2.36. The third kappa shape index (κ3) is 4.15. The molecule has 1 heterocycles. The summed E-state index contributed by atoms with van der Waals surface area (Å²) >= 11 is 0. The van der Waals surface area contributed by atoms with Crippen LogP contribution in [0.1, 0.15) is 24.0 Å². The molecule has 6 heteroatoms. The fourth-order valence-electron chi connectivity index (χ4n) is 2.86. The number of nitrogens with two attached hydrogens (primary N) is 1. The second kappa shape index (κ2) is 6.87. The van der Waals surface area contributed by atoms with E-state index in [1.54, 1.807) is 6.07 Å². The van der Waals surface area contributed by atoms with Crippen molar-refractivity contribution in [2.45, 2.75) is 25.4 Å². The first-order valence-corrected chi connectivity index (χ1v) is 7.15. The summed E-state index contributed by atoms with van der Waals surface area (Å²) in [7, 11) is 4.18. The number of piperidine rings is 1. The molecule has 5 nitrogen and oxygen atoms in total. The molecule has 1 unspecified atom stereocenters. The van der Waals surface area contributed by atoms with Gasteiger partial charge in [-0.1, -0.05) is 5.16 Å². The predicted octanol–water partition coefficient (Wildman–Crippen LogP) is 1.45. The van der Waals surface area contributed by atoms with Crippen LogP contribution in [-0.4, -0.2) is 54.1 Å². The molecular formula is C15H23FN4O. The number of rotatable bonds is 4. The Labute approximate surface area is 124 Å². The highest BCUT2D eigenvalue weighted by atomic mass is 19.1. The minimum Gasteiger partial charge on any atom is -0.409 e. The van der Waals surface area contributed by atoms with Gasteiger partial charge in [0.2, 0.25) is 0 Å². The van der Waals surface area contributed by atoms with E-state index in [9.17, 15) is 4.39 Å². The lowest BCUT2D eigenvalue weighted by molar-refractivity contribution is 0.129. The molecule has 0 radical (unpaired) electrons. The van der Waals surface area contributed by atoms with Crippen LogP contribution in [-0.2, 0) is 6.54 Å².